The lowest BCUT2D eigenvalue weighted by atomic mass is 9.95. The zero-order valence-electron chi connectivity index (χ0n) is 11.0. The number of rotatable bonds is 5. The molecule has 0 radical (unpaired) electrons. The van der Waals surface area contributed by atoms with Gasteiger partial charge in [-0.3, -0.25) is 0 Å². The van der Waals surface area contributed by atoms with Crippen molar-refractivity contribution in [1.29, 1.82) is 0 Å². The molecule has 1 aromatic carbocycles. The number of hydrogen-bond acceptors (Lipinski definition) is 2. The van der Waals surface area contributed by atoms with Gasteiger partial charge >= 0.3 is 0 Å². The standard InChI is InChI=1S/C15H22ClNO/c1-2-13-11-14(16)3-4-15(13)18-10-7-12-5-8-17-9-6-12/h3-4,11-12,17H,2,5-10H2,1H3. The molecule has 0 amide bonds. The van der Waals surface area contributed by atoms with Crippen molar-refractivity contribution >= 4 is 11.6 Å². The van der Waals surface area contributed by atoms with Crippen LogP contribution in [0.3, 0.4) is 0 Å². The van der Waals surface area contributed by atoms with Crippen LogP contribution < -0.4 is 10.1 Å². The lowest BCUT2D eigenvalue weighted by Gasteiger charge is -2.22. The zero-order chi connectivity index (χ0) is 12.8. The summed E-state index contributed by atoms with van der Waals surface area (Å²) in [5.74, 6) is 1.82. The minimum Gasteiger partial charge on any atom is -0.493 e. The van der Waals surface area contributed by atoms with Crippen LogP contribution in [0.5, 0.6) is 5.75 Å². The highest BCUT2D eigenvalue weighted by molar-refractivity contribution is 6.30. The number of benzene rings is 1. The van der Waals surface area contributed by atoms with Crippen LogP contribution in [0, 0.1) is 5.92 Å². The third kappa shape index (κ3) is 3.89. The van der Waals surface area contributed by atoms with E-state index >= 15 is 0 Å². The van der Waals surface area contributed by atoms with E-state index in [0.29, 0.717) is 0 Å². The Kier molecular flexibility index (Phi) is 5.33. The van der Waals surface area contributed by atoms with Crippen molar-refractivity contribution in [2.75, 3.05) is 19.7 Å². The van der Waals surface area contributed by atoms with Crippen LogP contribution in [-0.2, 0) is 6.42 Å². The van der Waals surface area contributed by atoms with E-state index < -0.39 is 0 Å². The lowest BCUT2D eigenvalue weighted by Crippen LogP contribution is -2.28. The highest BCUT2D eigenvalue weighted by atomic mass is 35.5. The van der Waals surface area contributed by atoms with E-state index in [9.17, 15) is 0 Å². The monoisotopic (exact) mass is 267 g/mol. The molecule has 0 unspecified atom stereocenters. The maximum absolute atomic E-state index is 5.99. The summed E-state index contributed by atoms with van der Waals surface area (Å²) in [5.41, 5.74) is 1.20. The molecule has 2 nitrogen and oxygen atoms in total. The third-order valence-electron chi connectivity index (χ3n) is 3.65. The van der Waals surface area contributed by atoms with Gasteiger partial charge < -0.3 is 10.1 Å². The summed E-state index contributed by atoms with van der Waals surface area (Å²) in [5, 5.41) is 4.18. The molecule has 2 rings (SSSR count). The van der Waals surface area contributed by atoms with Gasteiger partial charge in [0.2, 0.25) is 0 Å². The summed E-state index contributed by atoms with van der Waals surface area (Å²) >= 11 is 5.99. The SMILES string of the molecule is CCc1cc(Cl)ccc1OCCC1CCNCC1. The van der Waals surface area contributed by atoms with Gasteiger partial charge in [-0.25, -0.2) is 0 Å². The Morgan fingerprint density at radius 3 is 2.83 bits per heavy atom. The van der Waals surface area contributed by atoms with Crippen molar-refractivity contribution in [3.63, 3.8) is 0 Å². The molecule has 18 heavy (non-hydrogen) atoms. The molecule has 3 heteroatoms. The first-order valence-electron chi connectivity index (χ1n) is 6.91. The second-order valence-electron chi connectivity index (χ2n) is 4.94. The molecule has 1 saturated heterocycles. The third-order valence-corrected chi connectivity index (χ3v) is 3.88. The van der Waals surface area contributed by atoms with Crippen LogP contribution in [0.1, 0.15) is 31.7 Å². The van der Waals surface area contributed by atoms with Gasteiger partial charge in [0.15, 0.2) is 0 Å². The molecule has 0 atom stereocenters. The van der Waals surface area contributed by atoms with Gasteiger partial charge in [-0.05, 0) is 68.5 Å². The molecule has 1 N–H and O–H groups in total. The van der Waals surface area contributed by atoms with Crippen LogP contribution in [0.2, 0.25) is 5.02 Å². The highest BCUT2D eigenvalue weighted by Gasteiger charge is 2.13. The summed E-state index contributed by atoms with van der Waals surface area (Å²) < 4.78 is 5.91. The van der Waals surface area contributed by atoms with E-state index in [-0.39, 0.29) is 0 Å². The maximum Gasteiger partial charge on any atom is 0.122 e. The van der Waals surface area contributed by atoms with Gasteiger partial charge in [-0.2, -0.15) is 0 Å². The van der Waals surface area contributed by atoms with Crippen molar-refractivity contribution in [1.82, 2.24) is 5.32 Å². The molecule has 0 saturated carbocycles. The Morgan fingerprint density at radius 1 is 1.33 bits per heavy atom. The second kappa shape index (κ2) is 7.01. The summed E-state index contributed by atoms with van der Waals surface area (Å²) in [6, 6.07) is 5.89. The summed E-state index contributed by atoms with van der Waals surface area (Å²) in [7, 11) is 0. The Morgan fingerprint density at radius 2 is 2.11 bits per heavy atom. The first-order valence-corrected chi connectivity index (χ1v) is 7.29. The molecule has 0 spiro atoms. The number of hydrogen-bond donors (Lipinski definition) is 1. The molecule has 0 bridgehead atoms. The molecule has 0 aromatic heterocycles. The maximum atomic E-state index is 5.99. The van der Waals surface area contributed by atoms with Crippen LogP contribution >= 0.6 is 11.6 Å². The van der Waals surface area contributed by atoms with Gasteiger partial charge in [-0.15, -0.1) is 0 Å². The first kappa shape index (κ1) is 13.7. The second-order valence-corrected chi connectivity index (χ2v) is 5.37. The van der Waals surface area contributed by atoms with Gasteiger partial charge in [0.1, 0.15) is 5.75 Å². The van der Waals surface area contributed by atoms with E-state index in [1.807, 2.05) is 18.2 Å². The van der Waals surface area contributed by atoms with Crippen LogP contribution in [0.25, 0.3) is 0 Å². The topological polar surface area (TPSA) is 21.3 Å². The predicted octanol–water partition coefficient (Wildman–Crippen LogP) is 3.67. The minimum atomic E-state index is 0.789. The summed E-state index contributed by atoms with van der Waals surface area (Å²) in [6.45, 7) is 5.27. The van der Waals surface area contributed by atoms with Crippen LogP contribution in [0.15, 0.2) is 18.2 Å². The molecular weight excluding hydrogens is 246 g/mol. The first-order chi connectivity index (χ1) is 8.79. The molecule has 1 fully saturated rings. The van der Waals surface area contributed by atoms with Crippen LogP contribution in [-0.4, -0.2) is 19.7 Å². The Balaban J connectivity index is 1.82. The average Bonchev–Trinajstić information content (AvgIpc) is 2.41. The van der Waals surface area contributed by atoms with Gasteiger partial charge in [-0.1, -0.05) is 18.5 Å². The largest absolute Gasteiger partial charge is 0.493 e. The van der Waals surface area contributed by atoms with E-state index in [2.05, 4.69) is 12.2 Å². The van der Waals surface area contributed by atoms with E-state index in [1.54, 1.807) is 0 Å². The molecular formula is C15H22ClNO. The Labute approximate surface area is 115 Å². The highest BCUT2D eigenvalue weighted by Crippen LogP contribution is 2.24. The number of nitrogens with one attached hydrogen (secondary N) is 1. The zero-order valence-corrected chi connectivity index (χ0v) is 11.8. The molecule has 1 aliphatic rings. The number of piperidine rings is 1. The molecule has 1 aromatic rings. The molecule has 1 aliphatic heterocycles. The van der Waals surface area contributed by atoms with Crippen molar-refractivity contribution in [2.24, 2.45) is 5.92 Å². The number of halogens is 1. The lowest BCUT2D eigenvalue weighted by molar-refractivity contribution is 0.250. The van der Waals surface area contributed by atoms with Gasteiger partial charge in [0, 0.05) is 5.02 Å². The van der Waals surface area contributed by atoms with Crippen LogP contribution in [0.4, 0.5) is 0 Å². The number of ether oxygens (including phenoxy) is 1. The fourth-order valence-electron chi connectivity index (χ4n) is 2.47. The quantitative estimate of drug-likeness (QED) is 0.879. The number of aryl methyl sites for hydroxylation is 1. The summed E-state index contributed by atoms with van der Waals surface area (Å²) in [6.07, 6.45) is 4.69. The fraction of sp³-hybridized carbons (Fsp3) is 0.600. The normalized spacial score (nSPS) is 16.8. The van der Waals surface area contributed by atoms with Crippen molar-refractivity contribution < 1.29 is 4.74 Å². The van der Waals surface area contributed by atoms with Crippen molar-refractivity contribution in [3.8, 4) is 5.75 Å². The van der Waals surface area contributed by atoms with Crippen molar-refractivity contribution in [3.05, 3.63) is 28.8 Å². The fourth-order valence-corrected chi connectivity index (χ4v) is 2.67. The Hall–Kier alpha value is -0.730. The summed E-state index contributed by atoms with van der Waals surface area (Å²) in [4.78, 5) is 0. The van der Waals surface area contributed by atoms with Crippen molar-refractivity contribution in [2.45, 2.75) is 32.6 Å². The Bertz CT molecular complexity index is 375. The van der Waals surface area contributed by atoms with Gasteiger partial charge in [0.25, 0.3) is 0 Å². The predicted molar refractivity (Wildman–Crippen MR) is 76.5 cm³/mol. The minimum absolute atomic E-state index is 0.789. The smallest absolute Gasteiger partial charge is 0.122 e. The molecule has 0 aliphatic carbocycles. The van der Waals surface area contributed by atoms with Gasteiger partial charge in [0.05, 0.1) is 6.61 Å². The average molecular weight is 268 g/mol. The van der Waals surface area contributed by atoms with E-state index in [4.69, 9.17) is 16.3 Å². The molecule has 100 valence electrons. The van der Waals surface area contributed by atoms with E-state index in [0.717, 1.165) is 49.2 Å². The van der Waals surface area contributed by atoms with E-state index in [1.165, 1.54) is 18.4 Å². The molecule has 1 heterocycles.